The molecule has 1 saturated heterocycles. The molecule has 3 fully saturated rings. The molecule has 2 heterocycles. The molecule has 3 amide bonds. The van der Waals surface area contributed by atoms with Gasteiger partial charge in [-0.3, -0.25) is 19.3 Å². The largest absolute Gasteiger partial charge is 0.464 e. The predicted octanol–water partition coefficient (Wildman–Crippen LogP) is 1.74. The summed E-state index contributed by atoms with van der Waals surface area (Å²) in [4.78, 5) is 57.4. The van der Waals surface area contributed by atoms with Gasteiger partial charge in [0.15, 0.2) is 5.71 Å². The molecule has 2 bridgehead atoms. The van der Waals surface area contributed by atoms with Crippen molar-refractivity contribution in [2.24, 2.45) is 57.5 Å². The lowest BCUT2D eigenvalue weighted by molar-refractivity contribution is -0.146. The molecule has 8 unspecified atom stereocenters. The highest BCUT2D eigenvalue weighted by atomic mass is 32.2. The van der Waals surface area contributed by atoms with Crippen molar-refractivity contribution in [1.29, 1.82) is 0 Å². The molecule has 262 valence electrons. The fourth-order valence-electron chi connectivity index (χ4n) is 9.08. The second kappa shape index (κ2) is 13.2. The molecule has 2 aromatic rings. The monoisotopic (exact) mass is 716 g/mol. The van der Waals surface area contributed by atoms with Crippen molar-refractivity contribution in [1.82, 2.24) is 14.9 Å². The summed E-state index contributed by atoms with van der Waals surface area (Å²) in [5.74, 6) is -4.99. The smallest absolute Gasteiger partial charge is 0.354 e. The summed E-state index contributed by atoms with van der Waals surface area (Å²) >= 11 is 0. The zero-order valence-corrected chi connectivity index (χ0v) is 30.1. The van der Waals surface area contributed by atoms with Gasteiger partial charge in [-0.1, -0.05) is 49.0 Å². The first kappa shape index (κ1) is 34.2. The zero-order chi connectivity index (χ0) is 35.5. The molecule has 8 rings (SSSR count). The van der Waals surface area contributed by atoms with Crippen molar-refractivity contribution in [3.63, 3.8) is 0 Å². The van der Waals surface area contributed by atoms with Gasteiger partial charge in [0.1, 0.15) is 5.71 Å². The Balaban J connectivity index is 1.10. The second-order valence-electron chi connectivity index (χ2n) is 13.7. The maximum atomic E-state index is 14.0. The molecule has 13 nitrogen and oxygen atoms in total. The summed E-state index contributed by atoms with van der Waals surface area (Å²) in [6, 6.07) is 11.6. The first-order chi connectivity index (χ1) is 24.0. The van der Waals surface area contributed by atoms with E-state index in [4.69, 9.17) is 4.74 Å². The van der Waals surface area contributed by atoms with Crippen molar-refractivity contribution < 1.29 is 32.3 Å². The van der Waals surface area contributed by atoms with E-state index < -0.39 is 39.7 Å². The fourth-order valence-corrected chi connectivity index (χ4v) is 10.9. The maximum Gasteiger partial charge on any atom is 0.354 e. The van der Waals surface area contributed by atoms with Crippen LogP contribution in [-0.4, -0.2) is 98.8 Å². The Morgan fingerprint density at radius 3 is 2.16 bits per heavy atom. The number of likely N-dealkylation sites (tertiary alicyclic amines) is 1. The van der Waals surface area contributed by atoms with Gasteiger partial charge in [-0.2, -0.15) is 0 Å². The second-order valence-corrected chi connectivity index (χ2v) is 16.7. The maximum absolute atomic E-state index is 14.0. The molecule has 6 aliphatic rings. The van der Waals surface area contributed by atoms with Gasteiger partial charge in [0, 0.05) is 71.5 Å². The minimum absolute atomic E-state index is 0.114. The summed E-state index contributed by atoms with van der Waals surface area (Å²) < 4.78 is 34.7. The Hall–Kier alpha value is -4.21. The first-order valence-electron chi connectivity index (χ1n) is 16.9. The number of rotatable bonds is 12. The number of imide groups is 1. The van der Waals surface area contributed by atoms with Crippen molar-refractivity contribution in [2.45, 2.75) is 23.9 Å². The molecule has 4 aliphatic carbocycles. The fraction of sp³-hybridized carbons (Fsp3) is 0.486. The number of ether oxygens (including phenoxy) is 1. The summed E-state index contributed by atoms with van der Waals surface area (Å²) in [7, 11) is 1.84. The minimum atomic E-state index is -3.99. The van der Waals surface area contributed by atoms with Crippen LogP contribution in [0.15, 0.2) is 63.6 Å². The third kappa shape index (κ3) is 5.32. The van der Waals surface area contributed by atoms with Gasteiger partial charge >= 0.3 is 5.97 Å². The van der Waals surface area contributed by atoms with Crippen LogP contribution in [0.4, 0.5) is 5.69 Å². The highest BCUT2D eigenvalue weighted by molar-refractivity contribution is 7.89. The number of carbonyl (C=O) groups excluding carboxylic acids is 4. The Kier molecular flexibility index (Phi) is 9.01. The highest BCUT2D eigenvalue weighted by Crippen LogP contribution is 2.67. The van der Waals surface area contributed by atoms with Crippen LogP contribution < -0.4 is 14.9 Å². The van der Waals surface area contributed by atoms with Crippen LogP contribution in [0.2, 0.25) is 12.6 Å². The van der Waals surface area contributed by atoms with Crippen molar-refractivity contribution in [3.05, 3.63) is 48.6 Å². The molecule has 0 spiro atoms. The molecule has 0 aromatic heterocycles. The lowest BCUT2D eigenvalue weighted by atomic mass is 9.38. The number of sulfonamides is 1. The van der Waals surface area contributed by atoms with Gasteiger partial charge in [-0.15, -0.1) is 10.2 Å². The number of fused-ring (bicyclic) bond motifs is 2. The number of benzene rings is 2. The third-order valence-corrected chi connectivity index (χ3v) is 13.5. The van der Waals surface area contributed by atoms with Crippen LogP contribution >= 0.6 is 0 Å². The van der Waals surface area contributed by atoms with Crippen molar-refractivity contribution in [3.8, 4) is 0 Å². The van der Waals surface area contributed by atoms with E-state index in [-0.39, 0.29) is 70.8 Å². The number of hydrogen-bond acceptors (Lipinski definition) is 10. The molecule has 2 radical (unpaired) electrons. The number of amides is 3. The van der Waals surface area contributed by atoms with Crippen LogP contribution in [-0.2, 0) is 33.9 Å². The average Bonchev–Trinajstić information content (AvgIpc) is 3.36. The SMILES string of the molecule is COC(=O)C1=NN=C(C(=O)NCCC[Si]C)C2C1C1C3C=CC(C4C(=O)N(CCNS(=O)(=O)c5cccc6c(N(C)C)cccc56)C(=O)C34)C21. The van der Waals surface area contributed by atoms with Gasteiger partial charge in [0.25, 0.3) is 5.91 Å². The number of anilines is 1. The van der Waals surface area contributed by atoms with Gasteiger partial charge in [-0.25, -0.2) is 17.9 Å². The van der Waals surface area contributed by atoms with E-state index in [9.17, 15) is 27.6 Å². The van der Waals surface area contributed by atoms with Crippen LogP contribution in [0.25, 0.3) is 10.8 Å². The van der Waals surface area contributed by atoms with E-state index in [1.807, 2.05) is 43.3 Å². The van der Waals surface area contributed by atoms with E-state index >= 15 is 0 Å². The molecule has 8 atom stereocenters. The molecular formula is C35H40N6O7SSi. The van der Waals surface area contributed by atoms with E-state index in [1.165, 1.54) is 12.0 Å². The summed E-state index contributed by atoms with van der Waals surface area (Å²) in [6.07, 6.45) is 4.78. The number of carbonyl (C=O) groups is 4. The molecule has 2 aromatic carbocycles. The van der Waals surface area contributed by atoms with E-state index in [0.29, 0.717) is 11.9 Å². The Morgan fingerprint density at radius 2 is 1.52 bits per heavy atom. The first-order valence-corrected chi connectivity index (χ1v) is 20.1. The minimum Gasteiger partial charge on any atom is -0.464 e. The molecule has 15 heteroatoms. The lowest BCUT2D eigenvalue weighted by Crippen LogP contribution is -2.68. The molecule has 50 heavy (non-hydrogen) atoms. The Bertz CT molecular complexity index is 1980. The number of nitrogens with zero attached hydrogens (tertiary/aromatic N) is 4. The topological polar surface area (TPSA) is 167 Å². The predicted molar refractivity (Wildman–Crippen MR) is 188 cm³/mol. The standard InChI is InChI=1S/C35H40N6O7SSi/c1-40(2)22-10-5-9-19-18(22)8-6-11-23(19)49(46,47)37-15-16-41-33(43)26-20-12-13-21(27(26)34(41)44)25-24(20)28-29(25)31(35(45)48-3)39-38-30(28)32(42)36-14-7-17-50-4/h5-6,8-13,20-21,24-29,37H,7,14-17H2,1-4H3,(H,36,42). The van der Waals surface area contributed by atoms with E-state index in [1.54, 1.807) is 24.3 Å². The Morgan fingerprint density at radius 1 is 0.900 bits per heavy atom. The van der Waals surface area contributed by atoms with E-state index in [2.05, 4.69) is 26.8 Å². The van der Waals surface area contributed by atoms with Crippen LogP contribution in [0.1, 0.15) is 6.42 Å². The lowest BCUT2D eigenvalue weighted by Gasteiger charge is -2.64. The number of hydrogen-bond donors (Lipinski definition) is 2. The number of esters is 1. The molecule has 2 saturated carbocycles. The Labute approximate surface area is 293 Å². The van der Waals surface area contributed by atoms with Gasteiger partial charge in [0.2, 0.25) is 21.8 Å². The summed E-state index contributed by atoms with van der Waals surface area (Å²) in [6.45, 7) is 2.33. The van der Waals surface area contributed by atoms with Crippen molar-refractivity contribution in [2.75, 3.05) is 45.7 Å². The molecular weight excluding hydrogens is 677 g/mol. The number of methoxy groups -OCH3 is 1. The van der Waals surface area contributed by atoms with Gasteiger partial charge in [-0.05, 0) is 42.2 Å². The van der Waals surface area contributed by atoms with E-state index in [0.717, 1.165) is 33.1 Å². The average molecular weight is 717 g/mol. The number of allylic oxidation sites excluding steroid dienone is 2. The zero-order valence-electron chi connectivity index (χ0n) is 28.3. The number of nitrogens with one attached hydrogen (secondary N) is 2. The van der Waals surface area contributed by atoms with Crippen LogP contribution in [0.5, 0.6) is 0 Å². The van der Waals surface area contributed by atoms with Crippen LogP contribution in [0, 0.1) is 47.3 Å². The molecule has 2 aliphatic heterocycles. The van der Waals surface area contributed by atoms with Crippen LogP contribution in [0.3, 0.4) is 0 Å². The van der Waals surface area contributed by atoms with Gasteiger partial charge in [0.05, 0.1) is 23.8 Å². The quantitative estimate of drug-likeness (QED) is 0.110. The third-order valence-electron chi connectivity index (χ3n) is 11.1. The van der Waals surface area contributed by atoms with Gasteiger partial charge < -0.3 is 15.0 Å². The summed E-state index contributed by atoms with van der Waals surface area (Å²) in [5.41, 5.74) is 1.26. The highest BCUT2D eigenvalue weighted by Gasteiger charge is 2.72. The summed E-state index contributed by atoms with van der Waals surface area (Å²) in [5, 5.41) is 12.7. The molecule has 2 N–H and O–H groups in total. The normalized spacial score (nSPS) is 29.1. The van der Waals surface area contributed by atoms with Crippen molar-refractivity contribution >= 4 is 71.1 Å².